The van der Waals surface area contributed by atoms with Crippen molar-refractivity contribution in [2.24, 2.45) is 5.41 Å². The zero-order valence-corrected chi connectivity index (χ0v) is 15.7. The number of aryl methyl sites for hydroxylation is 1. The molecule has 3 heteroatoms. The summed E-state index contributed by atoms with van der Waals surface area (Å²) in [6.45, 7) is 11.4. The highest BCUT2D eigenvalue weighted by atomic mass is 32.2. The summed E-state index contributed by atoms with van der Waals surface area (Å²) in [5.74, 6) is 0. The lowest BCUT2D eigenvalue weighted by Crippen LogP contribution is -2.49. The molecule has 1 aliphatic rings. The average molecular weight is 335 g/mol. The van der Waals surface area contributed by atoms with E-state index in [1.807, 2.05) is 17.8 Å². The fraction of sp³-hybridized carbons (Fsp3) is 0.600. The Hall–Kier alpha value is -0.770. The Bertz CT molecular complexity index is 495. The van der Waals surface area contributed by atoms with Crippen LogP contribution in [0.4, 0.5) is 0 Å². The van der Waals surface area contributed by atoms with Crippen molar-refractivity contribution in [3.63, 3.8) is 0 Å². The predicted octanol–water partition coefficient (Wildman–Crippen LogP) is 5.25. The van der Waals surface area contributed by atoms with Crippen LogP contribution in [0.5, 0.6) is 0 Å². The van der Waals surface area contributed by atoms with Crippen LogP contribution in [0.2, 0.25) is 0 Å². The number of benzene rings is 1. The molecular formula is C20H30O2S. The molecule has 0 N–H and O–H groups in total. The molecule has 0 aliphatic carbocycles. The lowest BCUT2D eigenvalue weighted by molar-refractivity contribution is -0.110. The maximum atomic E-state index is 6.25. The molecule has 3 atom stereocenters. The molecule has 23 heavy (non-hydrogen) atoms. The number of ether oxygens (including phenoxy) is 2. The first-order valence-corrected chi connectivity index (χ1v) is 9.35. The van der Waals surface area contributed by atoms with Gasteiger partial charge in [0.05, 0.1) is 12.2 Å². The summed E-state index contributed by atoms with van der Waals surface area (Å²) in [4.78, 5) is 1.32. The van der Waals surface area contributed by atoms with E-state index in [2.05, 4.69) is 51.6 Å². The molecule has 1 aliphatic heterocycles. The highest BCUT2D eigenvalue weighted by Gasteiger charge is 2.43. The molecule has 1 aromatic carbocycles. The van der Waals surface area contributed by atoms with E-state index in [-0.39, 0.29) is 17.6 Å². The molecule has 2 rings (SSSR count). The summed E-state index contributed by atoms with van der Waals surface area (Å²) in [5, 5.41) is 0.462. The Morgan fingerprint density at radius 3 is 2.70 bits per heavy atom. The number of rotatable bonds is 7. The molecule has 0 aromatic heterocycles. The van der Waals surface area contributed by atoms with E-state index in [1.54, 1.807) is 7.11 Å². The quantitative estimate of drug-likeness (QED) is 0.634. The zero-order valence-electron chi connectivity index (χ0n) is 14.9. The van der Waals surface area contributed by atoms with Gasteiger partial charge in [-0.3, -0.25) is 0 Å². The van der Waals surface area contributed by atoms with E-state index in [4.69, 9.17) is 9.47 Å². The fourth-order valence-corrected chi connectivity index (χ4v) is 4.88. The average Bonchev–Trinajstić information content (AvgIpc) is 2.55. The van der Waals surface area contributed by atoms with Crippen molar-refractivity contribution in [1.29, 1.82) is 0 Å². The lowest BCUT2D eigenvalue weighted by Gasteiger charge is -2.45. The van der Waals surface area contributed by atoms with Gasteiger partial charge in [0, 0.05) is 29.3 Å². The van der Waals surface area contributed by atoms with Crippen LogP contribution >= 0.6 is 11.8 Å². The second kappa shape index (κ2) is 8.36. The van der Waals surface area contributed by atoms with Gasteiger partial charge in [0.25, 0.3) is 0 Å². The van der Waals surface area contributed by atoms with Gasteiger partial charge in [-0.25, -0.2) is 0 Å². The van der Waals surface area contributed by atoms with E-state index in [9.17, 15) is 0 Å². The van der Waals surface area contributed by atoms with Gasteiger partial charge in [-0.1, -0.05) is 37.6 Å². The first-order valence-electron chi connectivity index (χ1n) is 8.47. The van der Waals surface area contributed by atoms with Crippen molar-refractivity contribution in [2.45, 2.75) is 62.4 Å². The largest absolute Gasteiger partial charge is 0.380 e. The molecular weight excluding hydrogens is 304 g/mol. The molecule has 0 amide bonds. The van der Waals surface area contributed by atoms with Crippen LogP contribution in [-0.2, 0) is 9.47 Å². The zero-order chi connectivity index (χ0) is 16.9. The van der Waals surface area contributed by atoms with Crippen molar-refractivity contribution >= 4 is 11.8 Å². The third-order valence-electron chi connectivity index (χ3n) is 4.80. The normalized spacial score (nSPS) is 23.5. The molecule has 1 aromatic rings. The third-order valence-corrected chi connectivity index (χ3v) is 6.13. The first-order chi connectivity index (χ1) is 11.0. The smallest absolute Gasteiger partial charge is 0.0772 e. The van der Waals surface area contributed by atoms with E-state index >= 15 is 0 Å². The van der Waals surface area contributed by atoms with Crippen molar-refractivity contribution in [3.05, 3.63) is 42.5 Å². The molecule has 0 bridgehead atoms. The second-order valence-corrected chi connectivity index (χ2v) is 8.29. The molecule has 0 saturated carbocycles. The van der Waals surface area contributed by atoms with E-state index in [1.165, 1.54) is 16.9 Å². The molecule has 0 radical (unpaired) electrons. The van der Waals surface area contributed by atoms with Crippen LogP contribution in [0.1, 0.15) is 38.7 Å². The molecule has 1 saturated heterocycles. The molecule has 0 spiro atoms. The molecule has 1 fully saturated rings. The SMILES string of the molecule is C=CC[C@@H](OC)C(C)(C)[C@H]1OCCC[C@@H]1Sc1ccc(C)cc1. The van der Waals surface area contributed by atoms with Gasteiger partial charge in [-0.15, -0.1) is 18.3 Å². The minimum absolute atomic E-state index is 0.0499. The van der Waals surface area contributed by atoms with Crippen LogP contribution < -0.4 is 0 Å². The van der Waals surface area contributed by atoms with Crippen molar-refractivity contribution in [1.82, 2.24) is 0 Å². The van der Waals surface area contributed by atoms with Gasteiger partial charge in [-0.2, -0.15) is 0 Å². The minimum Gasteiger partial charge on any atom is -0.380 e. The van der Waals surface area contributed by atoms with Gasteiger partial charge in [-0.05, 0) is 38.3 Å². The predicted molar refractivity (Wildman–Crippen MR) is 99.2 cm³/mol. The number of hydrogen-bond donors (Lipinski definition) is 0. The molecule has 1 heterocycles. The maximum Gasteiger partial charge on any atom is 0.0772 e. The number of hydrogen-bond acceptors (Lipinski definition) is 3. The van der Waals surface area contributed by atoms with Crippen LogP contribution in [0, 0.1) is 12.3 Å². The molecule has 0 unspecified atom stereocenters. The van der Waals surface area contributed by atoms with Gasteiger partial charge in [0.1, 0.15) is 0 Å². The minimum atomic E-state index is -0.0499. The second-order valence-electron chi connectivity index (χ2n) is 6.97. The molecule has 2 nitrogen and oxygen atoms in total. The van der Waals surface area contributed by atoms with Gasteiger partial charge in [0.2, 0.25) is 0 Å². The summed E-state index contributed by atoms with van der Waals surface area (Å²) in [5.41, 5.74) is 1.25. The maximum absolute atomic E-state index is 6.25. The Morgan fingerprint density at radius 2 is 2.09 bits per heavy atom. The van der Waals surface area contributed by atoms with E-state index < -0.39 is 0 Å². The van der Waals surface area contributed by atoms with Gasteiger partial charge < -0.3 is 9.47 Å². The van der Waals surface area contributed by atoms with Gasteiger partial charge in [0.15, 0.2) is 0 Å². The van der Waals surface area contributed by atoms with Crippen LogP contribution in [-0.4, -0.2) is 31.2 Å². The summed E-state index contributed by atoms with van der Waals surface area (Å²) in [6.07, 6.45) is 5.44. The third kappa shape index (κ3) is 4.62. The highest BCUT2D eigenvalue weighted by Crippen LogP contribution is 2.42. The Morgan fingerprint density at radius 1 is 1.39 bits per heavy atom. The summed E-state index contributed by atoms with van der Waals surface area (Å²) in [7, 11) is 1.79. The number of thioether (sulfide) groups is 1. The van der Waals surface area contributed by atoms with Crippen LogP contribution in [0.3, 0.4) is 0 Å². The lowest BCUT2D eigenvalue weighted by atomic mass is 9.76. The summed E-state index contributed by atoms with van der Waals surface area (Å²) < 4.78 is 12.0. The van der Waals surface area contributed by atoms with Crippen molar-refractivity contribution in [3.8, 4) is 0 Å². The highest BCUT2D eigenvalue weighted by molar-refractivity contribution is 8.00. The monoisotopic (exact) mass is 334 g/mol. The summed E-state index contributed by atoms with van der Waals surface area (Å²) in [6, 6.07) is 8.80. The summed E-state index contributed by atoms with van der Waals surface area (Å²) >= 11 is 1.95. The van der Waals surface area contributed by atoms with Crippen molar-refractivity contribution < 1.29 is 9.47 Å². The van der Waals surface area contributed by atoms with E-state index in [0.717, 1.165) is 19.4 Å². The van der Waals surface area contributed by atoms with E-state index in [0.29, 0.717) is 5.25 Å². The Balaban J connectivity index is 2.16. The fourth-order valence-electron chi connectivity index (χ4n) is 3.40. The van der Waals surface area contributed by atoms with Crippen LogP contribution in [0.15, 0.2) is 41.8 Å². The Kier molecular flexibility index (Phi) is 6.75. The number of methoxy groups -OCH3 is 1. The van der Waals surface area contributed by atoms with Gasteiger partial charge >= 0.3 is 0 Å². The topological polar surface area (TPSA) is 18.5 Å². The van der Waals surface area contributed by atoms with Crippen LogP contribution in [0.25, 0.3) is 0 Å². The molecule has 128 valence electrons. The standard InChI is InChI=1S/C20H30O2S/c1-6-8-18(21-5)20(3,4)19-17(9-7-14-22-19)23-16-12-10-15(2)11-13-16/h6,10-13,17-19H,1,7-9,14H2,2-5H3/t17-,18+,19-/m0/s1. The van der Waals surface area contributed by atoms with Crippen molar-refractivity contribution in [2.75, 3.05) is 13.7 Å². The Labute approximate surface area is 145 Å². The first kappa shape index (κ1) is 18.6.